The molecule has 8 aromatic rings. The van der Waals surface area contributed by atoms with Gasteiger partial charge in [0.25, 0.3) is 0 Å². The van der Waals surface area contributed by atoms with Crippen LogP contribution >= 0.6 is 0 Å². The number of rotatable bonds is 4. The summed E-state index contributed by atoms with van der Waals surface area (Å²) in [6.07, 6.45) is 7.07. The first-order valence-electron chi connectivity index (χ1n) is 15.7. The molecule has 1 aliphatic rings. The van der Waals surface area contributed by atoms with E-state index in [-0.39, 0.29) is 0 Å². The number of hydrogen-bond acceptors (Lipinski definition) is 1. The van der Waals surface area contributed by atoms with Gasteiger partial charge in [0.15, 0.2) is 0 Å². The van der Waals surface area contributed by atoms with Crippen molar-refractivity contribution in [2.75, 3.05) is 0 Å². The average Bonchev–Trinajstić information content (AvgIpc) is 3.24. The molecule has 0 N–H and O–H groups in total. The molecule has 9 rings (SSSR count). The first-order chi connectivity index (χ1) is 21.8. The Morgan fingerprint density at radius 1 is 0.523 bits per heavy atom. The molecule has 1 aliphatic carbocycles. The van der Waals surface area contributed by atoms with Gasteiger partial charge in [-0.3, -0.25) is 4.98 Å². The van der Waals surface area contributed by atoms with E-state index in [2.05, 4.69) is 138 Å². The van der Waals surface area contributed by atoms with Crippen molar-refractivity contribution >= 4 is 32.3 Å². The number of fused-ring (bicyclic) bond motifs is 3. The summed E-state index contributed by atoms with van der Waals surface area (Å²) in [6, 6.07) is 49.9. The van der Waals surface area contributed by atoms with Crippen LogP contribution in [0.1, 0.15) is 29.0 Å². The first kappa shape index (κ1) is 25.2. The van der Waals surface area contributed by atoms with E-state index < -0.39 is 0 Å². The third-order valence-corrected chi connectivity index (χ3v) is 9.85. The van der Waals surface area contributed by atoms with Gasteiger partial charge in [0.05, 0.1) is 0 Å². The Hall–Kier alpha value is -5.27. The van der Waals surface area contributed by atoms with E-state index >= 15 is 0 Å². The van der Waals surface area contributed by atoms with Crippen molar-refractivity contribution in [3.8, 4) is 33.4 Å². The maximum atomic E-state index is 4.25. The van der Waals surface area contributed by atoms with Gasteiger partial charge >= 0.3 is 0 Å². The van der Waals surface area contributed by atoms with Crippen molar-refractivity contribution in [2.45, 2.75) is 25.2 Å². The second kappa shape index (κ2) is 10.2. The zero-order valence-electron chi connectivity index (χ0n) is 24.5. The highest BCUT2D eigenvalue weighted by Gasteiger charge is 2.23. The minimum atomic E-state index is 0.508. The molecule has 1 heteroatoms. The highest BCUT2D eigenvalue weighted by atomic mass is 14.6. The third-order valence-electron chi connectivity index (χ3n) is 9.85. The fraction of sp³-hybridized carbons (Fsp3) is 0.0930. The van der Waals surface area contributed by atoms with Crippen LogP contribution in [-0.2, 0) is 12.8 Å². The van der Waals surface area contributed by atoms with Gasteiger partial charge in [-0.2, -0.15) is 0 Å². The van der Waals surface area contributed by atoms with Crippen LogP contribution in [-0.4, -0.2) is 4.98 Å². The Balaban J connectivity index is 1.18. The van der Waals surface area contributed by atoms with E-state index in [1.165, 1.54) is 82.4 Å². The van der Waals surface area contributed by atoms with Crippen LogP contribution in [0.15, 0.2) is 146 Å². The minimum absolute atomic E-state index is 0.508. The molecule has 208 valence electrons. The molecule has 0 radical (unpaired) electrons. The number of hydrogen-bond donors (Lipinski definition) is 0. The van der Waals surface area contributed by atoms with E-state index in [9.17, 15) is 0 Å². The van der Waals surface area contributed by atoms with Crippen molar-refractivity contribution in [1.29, 1.82) is 0 Å². The van der Waals surface area contributed by atoms with Crippen LogP contribution < -0.4 is 0 Å². The molecule has 7 aromatic carbocycles. The number of aryl methyl sites for hydroxylation is 1. The van der Waals surface area contributed by atoms with E-state index in [1.54, 1.807) is 0 Å². The molecule has 1 atom stereocenters. The van der Waals surface area contributed by atoms with Crippen molar-refractivity contribution in [3.63, 3.8) is 0 Å². The molecule has 44 heavy (non-hydrogen) atoms. The van der Waals surface area contributed by atoms with Crippen LogP contribution in [0.2, 0.25) is 0 Å². The van der Waals surface area contributed by atoms with Gasteiger partial charge in [0.2, 0.25) is 0 Å². The lowest BCUT2D eigenvalue weighted by atomic mass is 9.86. The zero-order chi connectivity index (χ0) is 29.0. The predicted molar refractivity (Wildman–Crippen MR) is 185 cm³/mol. The first-order valence-corrected chi connectivity index (χ1v) is 15.7. The standard InChI is InChI=1S/C43H31N/c1-2-6-28(7-3-1)26-32-10-11-33-27-34(16-19-37(33)39-9-5-4-8-35(32)39)38-18-13-31-14-20-40-36(29-22-24-44-25-23-29)17-12-30-15-21-41(38)43(31)42(30)40/h1-9,12-25,27,32H,10-11,26H2. The summed E-state index contributed by atoms with van der Waals surface area (Å²) in [4.78, 5) is 4.25. The maximum Gasteiger partial charge on any atom is 0.0273 e. The van der Waals surface area contributed by atoms with Crippen LogP contribution in [0.5, 0.6) is 0 Å². The van der Waals surface area contributed by atoms with Crippen molar-refractivity contribution in [1.82, 2.24) is 4.98 Å². The highest BCUT2D eigenvalue weighted by Crippen LogP contribution is 2.44. The van der Waals surface area contributed by atoms with Crippen LogP contribution in [0.3, 0.4) is 0 Å². The average molecular weight is 562 g/mol. The summed E-state index contributed by atoms with van der Waals surface area (Å²) in [6.45, 7) is 0. The lowest BCUT2D eigenvalue weighted by Crippen LogP contribution is -2.04. The van der Waals surface area contributed by atoms with Crippen LogP contribution in [0.25, 0.3) is 65.7 Å². The van der Waals surface area contributed by atoms with Crippen molar-refractivity contribution < 1.29 is 0 Å². The predicted octanol–water partition coefficient (Wildman–Crippen LogP) is 11.3. The molecule has 0 fully saturated rings. The van der Waals surface area contributed by atoms with Gasteiger partial charge in [-0.25, -0.2) is 0 Å². The third kappa shape index (κ3) is 4.04. The maximum absolute atomic E-state index is 4.25. The number of nitrogens with zero attached hydrogens (tertiary/aromatic N) is 1. The van der Waals surface area contributed by atoms with Gasteiger partial charge in [-0.1, -0.05) is 121 Å². The second-order valence-corrected chi connectivity index (χ2v) is 12.3. The molecule has 0 spiro atoms. The minimum Gasteiger partial charge on any atom is -0.265 e. The molecule has 1 nitrogen and oxygen atoms in total. The Labute approximate surface area is 257 Å². The molecule has 1 unspecified atom stereocenters. The molecule has 1 heterocycles. The summed E-state index contributed by atoms with van der Waals surface area (Å²) < 4.78 is 0. The Bertz CT molecular complexity index is 2300. The van der Waals surface area contributed by atoms with E-state index in [0.717, 1.165) is 19.3 Å². The molecule has 0 aliphatic heterocycles. The summed E-state index contributed by atoms with van der Waals surface area (Å²) in [5, 5.41) is 7.91. The van der Waals surface area contributed by atoms with Crippen LogP contribution in [0.4, 0.5) is 0 Å². The fourth-order valence-electron chi connectivity index (χ4n) is 7.76. The lowest BCUT2D eigenvalue weighted by molar-refractivity contribution is 0.629. The fourth-order valence-corrected chi connectivity index (χ4v) is 7.76. The Kier molecular flexibility index (Phi) is 5.84. The van der Waals surface area contributed by atoms with Gasteiger partial charge in [-0.05, 0) is 120 Å². The van der Waals surface area contributed by atoms with E-state index in [4.69, 9.17) is 0 Å². The summed E-state index contributed by atoms with van der Waals surface area (Å²) in [7, 11) is 0. The van der Waals surface area contributed by atoms with Crippen molar-refractivity contribution in [2.24, 2.45) is 0 Å². The Morgan fingerprint density at radius 3 is 1.91 bits per heavy atom. The van der Waals surface area contributed by atoms with E-state index in [0.29, 0.717) is 5.92 Å². The molecular formula is C43H31N. The SMILES string of the molecule is c1ccc(CC2CCc3cc(-c4ccc5ccc6c(-c7ccncc7)ccc7ccc4c5c76)ccc3-c3ccccc32)cc1. The summed E-state index contributed by atoms with van der Waals surface area (Å²) in [5.74, 6) is 0.508. The highest BCUT2D eigenvalue weighted by molar-refractivity contribution is 6.27. The monoisotopic (exact) mass is 561 g/mol. The lowest BCUT2D eigenvalue weighted by Gasteiger charge is -2.18. The quantitative estimate of drug-likeness (QED) is 0.195. The molecule has 0 saturated heterocycles. The van der Waals surface area contributed by atoms with Gasteiger partial charge in [-0.15, -0.1) is 0 Å². The van der Waals surface area contributed by atoms with E-state index in [1.807, 2.05) is 12.4 Å². The van der Waals surface area contributed by atoms with Gasteiger partial charge in [0.1, 0.15) is 0 Å². The Morgan fingerprint density at radius 2 is 1.16 bits per heavy atom. The number of pyridine rings is 1. The molecule has 0 amide bonds. The summed E-state index contributed by atoms with van der Waals surface area (Å²) >= 11 is 0. The summed E-state index contributed by atoms with van der Waals surface area (Å²) in [5.41, 5.74) is 12.2. The molecular weight excluding hydrogens is 530 g/mol. The largest absolute Gasteiger partial charge is 0.265 e. The van der Waals surface area contributed by atoms with Gasteiger partial charge < -0.3 is 0 Å². The topological polar surface area (TPSA) is 12.9 Å². The second-order valence-electron chi connectivity index (χ2n) is 12.3. The molecule has 0 saturated carbocycles. The van der Waals surface area contributed by atoms with Crippen LogP contribution in [0, 0.1) is 0 Å². The van der Waals surface area contributed by atoms with Crippen molar-refractivity contribution in [3.05, 3.63) is 163 Å². The number of aromatic nitrogens is 1. The molecule has 0 bridgehead atoms. The number of benzene rings is 7. The molecule has 1 aromatic heterocycles. The normalized spacial score (nSPS) is 14.5. The zero-order valence-corrected chi connectivity index (χ0v) is 24.5. The smallest absolute Gasteiger partial charge is 0.0273 e. The van der Waals surface area contributed by atoms with Gasteiger partial charge in [0, 0.05) is 12.4 Å².